The molecular formula is C44H42GeIrN2S-2. The van der Waals surface area contributed by atoms with Crippen LogP contribution in [0.4, 0.5) is 0 Å². The van der Waals surface area contributed by atoms with E-state index < -0.39 is 13.3 Å². The maximum atomic E-state index is 4.77. The minimum absolute atomic E-state index is 0. The molecule has 0 N–H and O–H groups in total. The van der Waals surface area contributed by atoms with E-state index in [0.29, 0.717) is 0 Å². The van der Waals surface area contributed by atoms with Crippen molar-refractivity contribution in [1.29, 1.82) is 0 Å². The van der Waals surface area contributed by atoms with Crippen LogP contribution < -0.4 is 4.40 Å². The molecule has 0 atom stereocenters. The molecule has 0 unspecified atom stereocenters. The first-order valence-electron chi connectivity index (χ1n) is 17.2. The van der Waals surface area contributed by atoms with Crippen molar-refractivity contribution < 1.29 is 20.1 Å². The van der Waals surface area contributed by atoms with Gasteiger partial charge in [-0.2, -0.15) is 11.3 Å². The van der Waals surface area contributed by atoms with Gasteiger partial charge in [0.25, 0.3) is 0 Å². The Morgan fingerprint density at radius 2 is 1.53 bits per heavy atom. The molecule has 3 aromatic heterocycles. The van der Waals surface area contributed by atoms with Crippen LogP contribution in [0.15, 0.2) is 122 Å². The molecule has 1 saturated carbocycles. The fraction of sp³-hybridized carbons (Fsp3) is 0.227. The van der Waals surface area contributed by atoms with E-state index in [1.165, 1.54) is 79.8 Å². The second-order valence-electron chi connectivity index (χ2n) is 14.0. The fourth-order valence-electron chi connectivity index (χ4n) is 6.78. The number of aromatic nitrogens is 2. The van der Waals surface area contributed by atoms with Gasteiger partial charge < -0.3 is 4.98 Å². The van der Waals surface area contributed by atoms with Crippen molar-refractivity contribution >= 4 is 49.2 Å². The van der Waals surface area contributed by atoms with Crippen LogP contribution in [0.2, 0.25) is 17.3 Å². The van der Waals surface area contributed by atoms with E-state index in [-0.39, 0.29) is 20.1 Å². The van der Waals surface area contributed by atoms with E-state index in [9.17, 15) is 0 Å². The van der Waals surface area contributed by atoms with Gasteiger partial charge in [-0.3, -0.25) is 0 Å². The van der Waals surface area contributed by atoms with Gasteiger partial charge in [0.05, 0.1) is 0 Å². The van der Waals surface area contributed by atoms with Crippen LogP contribution in [0.25, 0.3) is 53.8 Å². The number of nitrogens with zero attached hydrogens (tertiary/aromatic N) is 2. The molecule has 0 spiro atoms. The number of fused-ring (bicyclic) bond motifs is 3. The van der Waals surface area contributed by atoms with Gasteiger partial charge in [-0.25, -0.2) is 0 Å². The molecule has 2 nitrogen and oxygen atoms in total. The van der Waals surface area contributed by atoms with E-state index in [2.05, 4.69) is 119 Å². The zero-order chi connectivity index (χ0) is 32.9. The van der Waals surface area contributed by atoms with Crippen LogP contribution in [-0.4, -0.2) is 23.2 Å². The van der Waals surface area contributed by atoms with Gasteiger partial charge in [-0.1, -0.05) is 103 Å². The summed E-state index contributed by atoms with van der Waals surface area (Å²) in [6, 6.07) is 45.5. The summed E-state index contributed by atoms with van der Waals surface area (Å²) in [6.45, 7) is 0. The second kappa shape index (κ2) is 16.1. The van der Waals surface area contributed by atoms with Crippen LogP contribution in [0.3, 0.4) is 0 Å². The van der Waals surface area contributed by atoms with Gasteiger partial charge in [-0.15, -0.1) is 17.7 Å². The number of rotatable bonds is 6. The number of benzene rings is 4. The van der Waals surface area contributed by atoms with Crippen LogP contribution in [-0.2, 0) is 26.5 Å². The monoisotopic (exact) mass is 897 g/mol. The summed E-state index contributed by atoms with van der Waals surface area (Å²) in [5, 5.41) is 2.62. The Kier molecular flexibility index (Phi) is 11.6. The van der Waals surface area contributed by atoms with Gasteiger partial charge in [0.1, 0.15) is 0 Å². The Labute approximate surface area is 311 Å². The van der Waals surface area contributed by atoms with Crippen molar-refractivity contribution in [3.63, 3.8) is 0 Å². The summed E-state index contributed by atoms with van der Waals surface area (Å²) in [4.78, 5) is 9.30. The number of pyridine rings is 2. The summed E-state index contributed by atoms with van der Waals surface area (Å²) in [6.07, 6.45) is 12.1. The average Bonchev–Trinajstić information content (AvgIpc) is 3.51. The van der Waals surface area contributed by atoms with Gasteiger partial charge in [0.15, 0.2) is 0 Å². The molecule has 49 heavy (non-hydrogen) atoms. The molecule has 1 radical (unpaired) electrons. The predicted molar refractivity (Wildman–Crippen MR) is 209 cm³/mol. The molecule has 3 heterocycles. The Morgan fingerprint density at radius 3 is 2.27 bits per heavy atom. The standard InChI is InChI=1S/C30H26NS.C14H16GeN.Ir/c1-3-9-21(10-4-1)17-22-15-16-31-27(18-22)24-19-26(23-11-5-2-6-12-23)30-25-13-7-8-14-28(25)32-29(30)20-24;1-15(2,3)13-9-10-14(16-11-13)12-7-5-4-6-8-12;/h2,5-8,11-16,18-19,21H,1,3-4,9-10,17H2;4-7,9-11H,1-3H3;/q2*-1;. The second-order valence-corrected chi connectivity index (χ2v) is 25.7. The molecule has 0 bridgehead atoms. The molecule has 8 rings (SSSR count). The molecule has 1 aliphatic rings. The van der Waals surface area contributed by atoms with Crippen molar-refractivity contribution in [2.24, 2.45) is 5.92 Å². The Balaban J connectivity index is 0.000000208. The smallest absolute Gasteiger partial charge is 0.0246 e. The van der Waals surface area contributed by atoms with Crippen molar-refractivity contribution in [2.75, 3.05) is 0 Å². The summed E-state index contributed by atoms with van der Waals surface area (Å²) < 4.78 is 3.97. The van der Waals surface area contributed by atoms with Gasteiger partial charge in [-0.05, 0) is 45.8 Å². The normalized spacial score (nSPS) is 13.4. The molecule has 7 aromatic rings. The van der Waals surface area contributed by atoms with Crippen molar-refractivity contribution in [2.45, 2.75) is 55.8 Å². The van der Waals surface area contributed by atoms with E-state index in [1.807, 2.05) is 48.0 Å². The first kappa shape index (κ1) is 35.4. The fourth-order valence-corrected chi connectivity index (χ4v) is 10.1. The maximum absolute atomic E-state index is 4.77. The summed E-state index contributed by atoms with van der Waals surface area (Å²) in [5.74, 6) is 7.97. The molecular weight excluding hydrogens is 853 g/mol. The molecule has 249 valence electrons. The number of hydrogen-bond acceptors (Lipinski definition) is 3. The third-order valence-corrected chi connectivity index (χ3v) is 14.8. The zero-order valence-electron chi connectivity index (χ0n) is 28.5. The molecule has 4 aromatic carbocycles. The zero-order valence-corrected chi connectivity index (χ0v) is 33.8. The molecule has 0 amide bonds. The van der Waals surface area contributed by atoms with E-state index in [1.54, 1.807) is 0 Å². The Bertz CT molecular complexity index is 2110. The van der Waals surface area contributed by atoms with E-state index in [0.717, 1.165) is 28.4 Å². The predicted octanol–water partition coefficient (Wildman–Crippen LogP) is 11.8. The molecule has 1 aliphatic carbocycles. The Morgan fingerprint density at radius 1 is 0.755 bits per heavy atom. The van der Waals surface area contributed by atoms with Crippen LogP contribution in [0.5, 0.6) is 0 Å². The number of hydrogen-bond donors (Lipinski definition) is 0. The molecule has 5 heteroatoms. The molecule has 0 aliphatic heterocycles. The quantitative estimate of drug-likeness (QED) is 0.123. The summed E-state index contributed by atoms with van der Waals surface area (Å²) in [5.41, 5.74) is 8.13. The van der Waals surface area contributed by atoms with Gasteiger partial charge in [0, 0.05) is 31.0 Å². The molecule has 0 saturated heterocycles. The summed E-state index contributed by atoms with van der Waals surface area (Å²) >= 11 is 0.113. The van der Waals surface area contributed by atoms with E-state index >= 15 is 0 Å². The third-order valence-electron chi connectivity index (χ3n) is 9.45. The first-order chi connectivity index (χ1) is 23.4. The van der Waals surface area contributed by atoms with E-state index in [4.69, 9.17) is 4.98 Å². The van der Waals surface area contributed by atoms with Crippen molar-refractivity contribution in [1.82, 2.24) is 9.97 Å². The minimum atomic E-state index is -1.72. The SMILES string of the molecule is [CH3][Ge]([CH3])([CH3])[c]1ccc(-c2[c-]cccc2)nc1.[Ir].[c-]1c(-c2cc(CC3CCCCC3)ccn2)cc(-c2ccccc2)c2c1sc1ccccc12. The van der Waals surface area contributed by atoms with Gasteiger partial charge in [0.2, 0.25) is 0 Å². The maximum Gasteiger partial charge on any atom is 0.0246 e. The van der Waals surface area contributed by atoms with Gasteiger partial charge >= 0.3 is 99.8 Å². The number of thiophene rings is 1. The molecule has 1 fully saturated rings. The third kappa shape index (κ3) is 8.49. The Hall–Kier alpha value is -3.41. The van der Waals surface area contributed by atoms with Crippen molar-refractivity contribution in [3.05, 3.63) is 139 Å². The average molecular weight is 896 g/mol. The van der Waals surface area contributed by atoms with Crippen LogP contribution in [0, 0.1) is 18.1 Å². The summed E-state index contributed by atoms with van der Waals surface area (Å²) in [7, 11) is 0. The topological polar surface area (TPSA) is 25.8 Å². The van der Waals surface area contributed by atoms with Crippen LogP contribution in [0.1, 0.15) is 37.7 Å². The van der Waals surface area contributed by atoms with Crippen molar-refractivity contribution in [3.8, 4) is 33.6 Å². The largest absolute Gasteiger partial charge is 0.305 e. The first-order valence-corrected chi connectivity index (χ1v) is 25.4. The minimum Gasteiger partial charge on any atom is -0.305 e. The van der Waals surface area contributed by atoms with Crippen LogP contribution >= 0.6 is 11.3 Å².